The number of methoxy groups -OCH3 is 2. The molecule has 2 rings (SSSR count). The van der Waals surface area contributed by atoms with Crippen LogP contribution in [0.2, 0.25) is 5.02 Å². The Morgan fingerprint density at radius 3 is 2.37 bits per heavy atom. The van der Waals surface area contributed by atoms with Crippen molar-refractivity contribution >= 4 is 23.4 Å². The molecule has 1 amide bonds. The number of nitro groups is 1. The molecule has 0 atom stereocenters. The Labute approximate surface area is 161 Å². The molecule has 0 aliphatic heterocycles. The highest BCUT2D eigenvalue weighted by atomic mass is 35.5. The Kier molecular flexibility index (Phi) is 6.84. The molecule has 2 aromatic rings. The molecular formula is C18H19ClN2O6. The number of amides is 1. The number of rotatable bonds is 7. The molecule has 0 saturated carbocycles. The number of carbonyl (C=O) groups excluding carboxylic acids is 1. The van der Waals surface area contributed by atoms with Gasteiger partial charge in [0.25, 0.3) is 5.69 Å². The first-order chi connectivity index (χ1) is 12.9. The van der Waals surface area contributed by atoms with Crippen molar-refractivity contribution in [3.63, 3.8) is 0 Å². The molecule has 0 aliphatic carbocycles. The van der Waals surface area contributed by atoms with Crippen LogP contribution in [0.25, 0.3) is 0 Å². The minimum Gasteiger partial charge on any atom is -0.493 e. The molecule has 0 bridgehead atoms. The van der Waals surface area contributed by atoms with Crippen molar-refractivity contribution in [2.45, 2.75) is 13.3 Å². The topological polar surface area (TPSA) is 99.9 Å². The molecule has 0 unspecified atom stereocenters. The minimum absolute atomic E-state index is 0.0800. The van der Waals surface area contributed by atoms with Crippen molar-refractivity contribution in [1.82, 2.24) is 5.32 Å². The van der Waals surface area contributed by atoms with Crippen LogP contribution in [-0.4, -0.2) is 31.8 Å². The van der Waals surface area contributed by atoms with Crippen molar-refractivity contribution < 1.29 is 23.9 Å². The Bertz CT molecular complexity index is 839. The maximum absolute atomic E-state index is 11.9. The molecule has 0 heterocycles. The van der Waals surface area contributed by atoms with E-state index in [2.05, 4.69) is 5.32 Å². The third kappa shape index (κ3) is 5.01. The number of hydrogen-bond donors (Lipinski definition) is 1. The highest BCUT2D eigenvalue weighted by Crippen LogP contribution is 2.39. The van der Waals surface area contributed by atoms with Crippen LogP contribution >= 0.6 is 11.6 Å². The first-order valence-corrected chi connectivity index (χ1v) is 8.35. The van der Waals surface area contributed by atoms with E-state index in [1.165, 1.54) is 38.5 Å². The van der Waals surface area contributed by atoms with Gasteiger partial charge in [-0.15, -0.1) is 0 Å². The van der Waals surface area contributed by atoms with E-state index in [4.69, 9.17) is 25.8 Å². The quantitative estimate of drug-likeness (QED) is 0.564. The Hall–Kier alpha value is -3.00. The number of nitrogens with one attached hydrogen (secondary N) is 1. The van der Waals surface area contributed by atoms with E-state index in [1.54, 1.807) is 6.07 Å². The van der Waals surface area contributed by atoms with Gasteiger partial charge in [-0.1, -0.05) is 11.6 Å². The number of ether oxygens (including phenoxy) is 3. The van der Waals surface area contributed by atoms with Crippen molar-refractivity contribution in [3.8, 4) is 17.2 Å². The van der Waals surface area contributed by atoms with Gasteiger partial charge >= 0.3 is 6.09 Å². The van der Waals surface area contributed by atoms with Crippen molar-refractivity contribution in [1.29, 1.82) is 0 Å². The minimum atomic E-state index is -0.659. The van der Waals surface area contributed by atoms with E-state index in [9.17, 15) is 14.9 Å². The van der Waals surface area contributed by atoms with Crippen LogP contribution in [-0.2, 0) is 6.42 Å². The van der Waals surface area contributed by atoms with Gasteiger partial charge in [-0.05, 0) is 42.7 Å². The van der Waals surface area contributed by atoms with Crippen LogP contribution in [0.15, 0.2) is 30.3 Å². The SMILES string of the molecule is COc1c(Cl)cc(CCNC(=O)Oc2ccc([N+](=O)[O-])cc2)c(C)c1OC. The third-order valence-electron chi connectivity index (χ3n) is 3.88. The number of nitrogens with zero attached hydrogens (tertiary/aromatic N) is 1. The van der Waals surface area contributed by atoms with Gasteiger partial charge in [-0.3, -0.25) is 10.1 Å². The zero-order valence-corrected chi connectivity index (χ0v) is 15.8. The van der Waals surface area contributed by atoms with Crippen LogP contribution in [0.3, 0.4) is 0 Å². The molecule has 144 valence electrons. The molecule has 0 spiro atoms. The summed E-state index contributed by atoms with van der Waals surface area (Å²) in [5.74, 6) is 1.22. The summed E-state index contributed by atoms with van der Waals surface area (Å²) < 4.78 is 15.7. The van der Waals surface area contributed by atoms with E-state index < -0.39 is 11.0 Å². The summed E-state index contributed by atoms with van der Waals surface area (Å²) in [5, 5.41) is 13.6. The molecule has 0 aliphatic rings. The van der Waals surface area contributed by atoms with Gasteiger partial charge in [0, 0.05) is 18.7 Å². The monoisotopic (exact) mass is 394 g/mol. The summed E-state index contributed by atoms with van der Waals surface area (Å²) in [4.78, 5) is 21.9. The summed E-state index contributed by atoms with van der Waals surface area (Å²) in [6.45, 7) is 2.18. The van der Waals surface area contributed by atoms with E-state index in [0.717, 1.165) is 11.1 Å². The van der Waals surface area contributed by atoms with E-state index in [-0.39, 0.29) is 11.4 Å². The van der Waals surface area contributed by atoms with Crippen LogP contribution in [0.5, 0.6) is 17.2 Å². The zero-order valence-electron chi connectivity index (χ0n) is 15.1. The first kappa shape index (κ1) is 20.3. The predicted molar refractivity (Wildman–Crippen MR) is 100 cm³/mol. The summed E-state index contributed by atoms with van der Waals surface area (Å²) in [5.41, 5.74) is 1.68. The molecule has 0 aromatic heterocycles. The number of carbonyl (C=O) groups is 1. The molecular weight excluding hydrogens is 376 g/mol. The van der Waals surface area contributed by atoms with Crippen molar-refractivity contribution in [2.24, 2.45) is 0 Å². The van der Waals surface area contributed by atoms with Gasteiger partial charge in [0.05, 0.1) is 24.2 Å². The summed E-state index contributed by atoms with van der Waals surface area (Å²) in [6.07, 6.45) is -0.158. The van der Waals surface area contributed by atoms with Gasteiger partial charge in [-0.25, -0.2) is 4.79 Å². The van der Waals surface area contributed by atoms with Crippen LogP contribution in [0.1, 0.15) is 11.1 Å². The molecule has 1 N–H and O–H groups in total. The van der Waals surface area contributed by atoms with Gasteiger partial charge in [0.1, 0.15) is 5.75 Å². The number of halogens is 1. The highest BCUT2D eigenvalue weighted by Gasteiger charge is 2.16. The maximum atomic E-state index is 11.9. The number of non-ortho nitro benzene ring substituents is 1. The number of nitro benzene ring substituents is 1. The fourth-order valence-corrected chi connectivity index (χ4v) is 2.82. The van der Waals surface area contributed by atoms with Crippen LogP contribution < -0.4 is 19.5 Å². The average Bonchev–Trinajstić information content (AvgIpc) is 2.64. The first-order valence-electron chi connectivity index (χ1n) is 7.97. The fourth-order valence-electron chi connectivity index (χ4n) is 2.53. The van der Waals surface area contributed by atoms with Gasteiger partial charge in [0.15, 0.2) is 11.5 Å². The average molecular weight is 395 g/mol. The molecule has 2 aromatic carbocycles. The van der Waals surface area contributed by atoms with Gasteiger partial charge in [-0.2, -0.15) is 0 Å². The van der Waals surface area contributed by atoms with Crippen molar-refractivity contribution in [3.05, 3.63) is 56.6 Å². The lowest BCUT2D eigenvalue weighted by molar-refractivity contribution is -0.384. The molecule has 8 nitrogen and oxygen atoms in total. The molecule has 0 radical (unpaired) electrons. The lowest BCUT2D eigenvalue weighted by Crippen LogP contribution is -2.28. The second kappa shape index (κ2) is 9.09. The van der Waals surface area contributed by atoms with E-state index in [1.807, 2.05) is 6.92 Å². The smallest absolute Gasteiger partial charge is 0.412 e. The van der Waals surface area contributed by atoms with E-state index in [0.29, 0.717) is 29.5 Å². The summed E-state index contributed by atoms with van der Waals surface area (Å²) in [7, 11) is 3.05. The largest absolute Gasteiger partial charge is 0.493 e. The van der Waals surface area contributed by atoms with Gasteiger partial charge < -0.3 is 19.5 Å². The Morgan fingerprint density at radius 2 is 1.81 bits per heavy atom. The van der Waals surface area contributed by atoms with Crippen molar-refractivity contribution in [2.75, 3.05) is 20.8 Å². The Morgan fingerprint density at radius 1 is 1.19 bits per heavy atom. The van der Waals surface area contributed by atoms with E-state index >= 15 is 0 Å². The van der Waals surface area contributed by atoms with Gasteiger partial charge in [0.2, 0.25) is 0 Å². The third-order valence-corrected chi connectivity index (χ3v) is 4.16. The normalized spacial score (nSPS) is 10.2. The fraction of sp³-hybridized carbons (Fsp3) is 0.278. The lowest BCUT2D eigenvalue weighted by Gasteiger charge is -2.16. The van der Waals surface area contributed by atoms with Crippen LogP contribution in [0.4, 0.5) is 10.5 Å². The predicted octanol–water partition coefficient (Wildman–Crippen LogP) is 3.90. The van der Waals surface area contributed by atoms with Crippen LogP contribution in [0, 0.1) is 17.0 Å². The molecule has 27 heavy (non-hydrogen) atoms. The maximum Gasteiger partial charge on any atom is 0.412 e. The number of benzene rings is 2. The molecule has 9 heteroatoms. The molecule has 0 saturated heterocycles. The Balaban J connectivity index is 1.95. The standard InChI is InChI=1S/C18H19ClN2O6/c1-11-12(10-15(19)17(26-3)16(11)25-2)8-9-20-18(22)27-14-6-4-13(5-7-14)21(23)24/h4-7,10H,8-9H2,1-3H3,(H,20,22). The second-order valence-corrected chi connectivity index (χ2v) is 5.93. The zero-order chi connectivity index (χ0) is 20.0. The summed E-state index contributed by atoms with van der Waals surface area (Å²) in [6, 6.07) is 7.00. The number of hydrogen-bond acceptors (Lipinski definition) is 6. The molecule has 0 fully saturated rings. The highest BCUT2D eigenvalue weighted by molar-refractivity contribution is 6.32. The lowest BCUT2D eigenvalue weighted by atomic mass is 10.0. The second-order valence-electron chi connectivity index (χ2n) is 5.53. The summed E-state index contributed by atoms with van der Waals surface area (Å²) >= 11 is 6.20.